The summed E-state index contributed by atoms with van der Waals surface area (Å²) < 4.78 is 0. The second-order valence-corrected chi connectivity index (χ2v) is 7.99. The van der Waals surface area contributed by atoms with Gasteiger partial charge in [-0.2, -0.15) is 0 Å². The van der Waals surface area contributed by atoms with E-state index in [-0.39, 0.29) is 11.9 Å². The fourth-order valence-electron chi connectivity index (χ4n) is 4.00. The van der Waals surface area contributed by atoms with Crippen molar-refractivity contribution in [2.75, 3.05) is 5.32 Å². The Bertz CT molecular complexity index is 736. The molecule has 2 aliphatic rings. The molecule has 4 rings (SSSR count). The molecule has 1 atom stereocenters. The van der Waals surface area contributed by atoms with Crippen LogP contribution in [0.1, 0.15) is 72.6 Å². The molecule has 1 aromatic heterocycles. The van der Waals surface area contributed by atoms with E-state index in [0.717, 1.165) is 24.4 Å². The highest BCUT2D eigenvalue weighted by atomic mass is 32.1. The van der Waals surface area contributed by atoms with Crippen LogP contribution in [0.25, 0.3) is 0 Å². The number of benzene rings is 1. The first-order valence-electron chi connectivity index (χ1n) is 9.40. The number of nitrogens with zero attached hydrogens (tertiary/aromatic N) is 1. The molecule has 1 aromatic carbocycles. The molecule has 0 saturated heterocycles. The number of rotatable bonds is 4. The molecule has 0 aliphatic heterocycles. The predicted octanol–water partition coefficient (Wildman–Crippen LogP) is 4.70. The maximum Gasteiger partial charge on any atom is 0.271 e. The number of carbonyl (C=O) groups excluding carboxylic acids is 1. The maximum atomic E-state index is 12.6. The van der Waals surface area contributed by atoms with E-state index >= 15 is 0 Å². The molecule has 1 amide bonds. The molecule has 4 nitrogen and oxygen atoms in total. The molecule has 2 N–H and O–H groups in total. The van der Waals surface area contributed by atoms with Gasteiger partial charge in [-0.3, -0.25) is 4.79 Å². The van der Waals surface area contributed by atoms with Gasteiger partial charge in [0.25, 0.3) is 5.91 Å². The second-order valence-electron chi connectivity index (χ2n) is 7.13. The summed E-state index contributed by atoms with van der Waals surface area (Å²) in [5.74, 6) is -0.0605. The number of thiazole rings is 1. The van der Waals surface area contributed by atoms with Crippen molar-refractivity contribution >= 4 is 22.4 Å². The smallest absolute Gasteiger partial charge is 0.271 e. The molecular formula is C20H25N3OS. The Kier molecular flexibility index (Phi) is 5.02. The fourth-order valence-corrected chi connectivity index (χ4v) is 4.77. The van der Waals surface area contributed by atoms with E-state index in [2.05, 4.69) is 39.9 Å². The number of anilines is 1. The van der Waals surface area contributed by atoms with Crippen LogP contribution in [0.4, 0.5) is 5.13 Å². The van der Waals surface area contributed by atoms with Crippen molar-refractivity contribution in [2.45, 2.75) is 63.5 Å². The van der Waals surface area contributed by atoms with Crippen LogP contribution < -0.4 is 10.6 Å². The molecule has 132 valence electrons. The third-order valence-electron chi connectivity index (χ3n) is 5.34. The topological polar surface area (TPSA) is 54.0 Å². The zero-order valence-electron chi connectivity index (χ0n) is 14.5. The Morgan fingerprint density at radius 1 is 1.08 bits per heavy atom. The van der Waals surface area contributed by atoms with Crippen LogP contribution in [0.15, 0.2) is 29.6 Å². The summed E-state index contributed by atoms with van der Waals surface area (Å²) in [6.45, 7) is 0. The summed E-state index contributed by atoms with van der Waals surface area (Å²) in [5.41, 5.74) is 3.15. The average Bonchev–Trinajstić information content (AvgIpc) is 3.11. The maximum absolute atomic E-state index is 12.6. The molecule has 25 heavy (non-hydrogen) atoms. The first-order valence-corrected chi connectivity index (χ1v) is 10.3. The van der Waals surface area contributed by atoms with Crippen LogP contribution in [-0.2, 0) is 6.42 Å². The highest BCUT2D eigenvalue weighted by Crippen LogP contribution is 2.30. The van der Waals surface area contributed by atoms with Gasteiger partial charge in [0.1, 0.15) is 5.69 Å². The number of amides is 1. The summed E-state index contributed by atoms with van der Waals surface area (Å²) in [6, 6.07) is 9.06. The van der Waals surface area contributed by atoms with Gasteiger partial charge in [-0.15, -0.1) is 11.3 Å². The van der Waals surface area contributed by atoms with Crippen LogP contribution in [-0.4, -0.2) is 16.9 Å². The number of aromatic nitrogens is 1. The van der Waals surface area contributed by atoms with E-state index in [1.807, 2.05) is 5.38 Å². The van der Waals surface area contributed by atoms with Crippen LogP contribution in [0.3, 0.4) is 0 Å². The molecule has 1 heterocycles. The van der Waals surface area contributed by atoms with Gasteiger partial charge >= 0.3 is 0 Å². The number of carbonyl (C=O) groups is 1. The van der Waals surface area contributed by atoms with Gasteiger partial charge in [-0.25, -0.2) is 4.98 Å². The van der Waals surface area contributed by atoms with Gasteiger partial charge in [0.15, 0.2) is 5.13 Å². The van der Waals surface area contributed by atoms with E-state index in [4.69, 9.17) is 0 Å². The van der Waals surface area contributed by atoms with Gasteiger partial charge in [-0.1, -0.05) is 43.5 Å². The van der Waals surface area contributed by atoms with Crippen LogP contribution in [0.2, 0.25) is 0 Å². The molecule has 0 spiro atoms. The third-order valence-corrected chi connectivity index (χ3v) is 6.12. The molecule has 2 aliphatic carbocycles. The van der Waals surface area contributed by atoms with Crippen LogP contribution in [0.5, 0.6) is 0 Å². The first-order chi connectivity index (χ1) is 12.3. The van der Waals surface area contributed by atoms with Gasteiger partial charge in [-0.05, 0) is 43.2 Å². The second kappa shape index (κ2) is 7.56. The monoisotopic (exact) mass is 355 g/mol. The molecule has 5 heteroatoms. The van der Waals surface area contributed by atoms with E-state index in [9.17, 15) is 4.79 Å². The third kappa shape index (κ3) is 3.87. The molecule has 1 saturated carbocycles. The summed E-state index contributed by atoms with van der Waals surface area (Å²) in [6.07, 6.45) is 9.56. The van der Waals surface area contributed by atoms with E-state index in [0.29, 0.717) is 11.7 Å². The fraction of sp³-hybridized carbons (Fsp3) is 0.500. The number of fused-ring (bicyclic) bond motifs is 1. The van der Waals surface area contributed by atoms with Crippen LogP contribution in [0, 0.1) is 0 Å². The highest BCUT2D eigenvalue weighted by molar-refractivity contribution is 7.13. The minimum Gasteiger partial charge on any atom is -0.359 e. The SMILES string of the molecule is O=C(NC1CCCc2ccccc21)c1csc(NC2CCCCC2)n1. The molecule has 2 aromatic rings. The normalized spacial score (nSPS) is 20.7. The Hall–Kier alpha value is -1.88. The highest BCUT2D eigenvalue weighted by Gasteiger charge is 2.23. The van der Waals surface area contributed by atoms with Crippen molar-refractivity contribution in [1.82, 2.24) is 10.3 Å². The lowest BCUT2D eigenvalue weighted by molar-refractivity contribution is 0.0928. The van der Waals surface area contributed by atoms with E-state index in [1.54, 1.807) is 0 Å². The average molecular weight is 356 g/mol. The molecule has 1 unspecified atom stereocenters. The van der Waals surface area contributed by atoms with Crippen molar-refractivity contribution < 1.29 is 4.79 Å². The lowest BCUT2D eigenvalue weighted by Crippen LogP contribution is -2.31. The van der Waals surface area contributed by atoms with Gasteiger partial charge < -0.3 is 10.6 Å². The van der Waals surface area contributed by atoms with Crippen molar-refractivity contribution in [2.24, 2.45) is 0 Å². The van der Waals surface area contributed by atoms with E-state index in [1.165, 1.54) is 54.6 Å². The van der Waals surface area contributed by atoms with Gasteiger partial charge in [0.2, 0.25) is 0 Å². The quantitative estimate of drug-likeness (QED) is 0.836. The minimum absolute atomic E-state index is 0.0605. The van der Waals surface area contributed by atoms with Gasteiger partial charge in [0.05, 0.1) is 6.04 Å². The molecular weight excluding hydrogens is 330 g/mol. The van der Waals surface area contributed by atoms with Crippen molar-refractivity contribution in [1.29, 1.82) is 0 Å². The minimum atomic E-state index is -0.0605. The lowest BCUT2D eigenvalue weighted by atomic mass is 9.88. The first kappa shape index (κ1) is 16.6. The Balaban J connectivity index is 1.40. The molecule has 0 bridgehead atoms. The number of hydrogen-bond donors (Lipinski definition) is 2. The number of aryl methyl sites for hydroxylation is 1. The number of nitrogens with one attached hydrogen (secondary N) is 2. The zero-order chi connectivity index (χ0) is 17.1. The van der Waals surface area contributed by atoms with Gasteiger partial charge in [0, 0.05) is 11.4 Å². The molecule has 1 fully saturated rings. The summed E-state index contributed by atoms with van der Waals surface area (Å²) >= 11 is 1.54. The standard InChI is InChI=1S/C20H25N3OS/c24-19(22-17-12-6-8-14-7-4-5-11-16(14)17)18-13-25-20(23-18)21-15-9-2-1-3-10-15/h4-5,7,11,13,15,17H,1-3,6,8-10,12H2,(H,21,23)(H,22,24). The molecule has 0 radical (unpaired) electrons. The largest absolute Gasteiger partial charge is 0.359 e. The Morgan fingerprint density at radius 2 is 1.92 bits per heavy atom. The van der Waals surface area contributed by atoms with Crippen molar-refractivity contribution in [3.05, 3.63) is 46.5 Å². The summed E-state index contributed by atoms with van der Waals surface area (Å²) in [7, 11) is 0. The van der Waals surface area contributed by atoms with Crippen LogP contribution >= 0.6 is 11.3 Å². The lowest BCUT2D eigenvalue weighted by Gasteiger charge is -2.26. The summed E-state index contributed by atoms with van der Waals surface area (Å²) in [4.78, 5) is 17.2. The van der Waals surface area contributed by atoms with Crippen molar-refractivity contribution in [3.63, 3.8) is 0 Å². The zero-order valence-corrected chi connectivity index (χ0v) is 15.3. The predicted molar refractivity (Wildman–Crippen MR) is 102 cm³/mol. The Labute approximate surface area is 153 Å². The number of hydrogen-bond acceptors (Lipinski definition) is 4. The van der Waals surface area contributed by atoms with Crippen molar-refractivity contribution in [3.8, 4) is 0 Å². The van der Waals surface area contributed by atoms with E-state index < -0.39 is 0 Å². The summed E-state index contributed by atoms with van der Waals surface area (Å²) in [5, 5.41) is 9.43. The Morgan fingerprint density at radius 3 is 2.80 bits per heavy atom.